The monoisotopic (exact) mass is 153 g/mol. The van der Waals surface area contributed by atoms with Gasteiger partial charge in [-0.05, 0) is 32.4 Å². The Labute approximate surface area is 69.4 Å². The zero-order valence-electron chi connectivity index (χ0n) is 7.42. The van der Waals surface area contributed by atoms with E-state index in [1.54, 1.807) is 0 Å². The van der Waals surface area contributed by atoms with Gasteiger partial charge in [0, 0.05) is 5.92 Å². The molecule has 0 aromatic heterocycles. The Hall–Kier alpha value is -0.305. The molecule has 0 aliphatic heterocycles. The summed E-state index contributed by atoms with van der Waals surface area (Å²) < 4.78 is 0. The third kappa shape index (κ3) is 2.33. The molecule has 3 heteroatoms. The predicted molar refractivity (Wildman–Crippen MR) is 48.1 cm³/mol. The lowest BCUT2D eigenvalue weighted by Gasteiger charge is -2.31. The fourth-order valence-corrected chi connectivity index (χ4v) is 1.79. The molecule has 1 fully saturated rings. The average Bonchev–Trinajstić information content (AvgIpc) is 2.05. The summed E-state index contributed by atoms with van der Waals surface area (Å²) in [7, 11) is 4.19. The summed E-state index contributed by atoms with van der Waals surface area (Å²) >= 11 is 0. The van der Waals surface area contributed by atoms with Crippen LogP contribution in [0.4, 0.5) is 0 Å². The quantitative estimate of drug-likeness (QED) is 0.418. The topological polar surface area (TPSA) is 20.3 Å². The molecule has 0 spiro atoms. The maximum Gasteiger partial charge on any atom is 0.185 e. The third-order valence-electron chi connectivity index (χ3n) is 2.61. The van der Waals surface area contributed by atoms with Crippen molar-refractivity contribution in [2.24, 2.45) is 5.92 Å². The first kappa shape index (κ1) is 8.79. The summed E-state index contributed by atoms with van der Waals surface area (Å²) in [5, 5.41) is 0. The zero-order valence-corrected chi connectivity index (χ0v) is 7.42. The number of carbonyl (C=O) groups is 1. The molecule has 1 aliphatic carbocycles. The van der Waals surface area contributed by atoms with E-state index < -0.39 is 0 Å². The number of hydrogen-bond acceptors (Lipinski definition) is 2. The molecule has 0 aromatic carbocycles. The number of nitrogens with zero attached hydrogens (tertiary/aromatic N) is 1. The van der Waals surface area contributed by atoms with E-state index in [0.717, 1.165) is 19.1 Å². The average molecular weight is 153 g/mol. The van der Waals surface area contributed by atoms with Gasteiger partial charge < -0.3 is 9.61 Å². The fourth-order valence-electron chi connectivity index (χ4n) is 1.79. The molecule has 0 amide bonds. The summed E-state index contributed by atoms with van der Waals surface area (Å²) in [5.41, 5.74) is 0. The van der Waals surface area contributed by atoms with Gasteiger partial charge in [-0.1, -0.05) is 6.42 Å². The predicted octanol–water partition coefficient (Wildman–Crippen LogP) is 0.224. The highest BCUT2D eigenvalue weighted by Gasteiger charge is 2.22. The van der Waals surface area contributed by atoms with Crippen LogP contribution in [0, 0.1) is 5.92 Å². The van der Waals surface area contributed by atoms with E-state index in [9.17, 15) is 4.79 Å². The fraction of sp³-hybridized carbons (Fsp3) is 0.875. The standard InChI is InChI=1S/C8H16BNO/c1-10(9)8-4-2-3-7(5-8)6-11/h6-8H,2-5,9H2,1H3. The third-order valence-corrected chi connectivity index (χ3v) is 2.61. The van der Waals surface area contributed by atoms with E-state index in [1.165, 1.54) is 12.8 Å². The molecule has 0 saturated heterocycles. The number of carbonyl (C=O) groups excluding carboxylic acids is 1. The second kappa shape index (κ2) is 3.91. The minimum atomic E-state index is 0.330. The Morgan fingerprint density at radius 3 is 2.82 bits per heavy atom. The second-order valence-corrected chi connectivity index (χ2v) is 3.68. The molecule has 11 heavy (non-hydrogen) atoms. The Morgan fingerprint density at radius 2 is 2.27 bits per heavy atom. The first-order valence-corrected chi connectivity index (χ1v) is 4.35. The second-order valence-electron chi connectivity index (χ2n) is 3.68. The highest BCUT2D eigenvalue weighted by Crippen LogP contribution is 2.24. The van der Waals surface area contributed by atoms with Crippen molar-refractivity contribution in [3.8, 4) is 0 Å². The van der Waals surface area contributed by atoms with E-state index >= 15 is 0 Å². The van der Waals surface area contributed by atoms with Gasteiger partial charge in [0.1, 0.15) is 6.29 Å². The lowest BCUT2D eigenvalue weighted by molar-refractivity contribution is -0.112. The maximum absolute atomic E-state index is 10.5. The van der Waals surface area contributed by atoms with Crippen LogP contribution in [0.15, 0.2) is 0 Å². The number of aldehydes is 1. The first-order valence-electron chi connectivity index (χ1n) is 4.35. The molecule has 0 aromatic rings. The highest BCUT2D eigenvalue weighted by atomic mass is 16.1. The summed E-state index contributed by atoms with van der Waals surface area (Å²) in [5.74, 6) is 0.330. The molecule has 0 heterocycles. The van der Waals surface area contributed by atoms with Crippen LogP contribution in [-0.2, 0) is 4.79 Å². The lowest BCUT2D eigenvalue weighted by Crippen LogP contribution is -2.34. The van der Waals surface area contributed by atoms with Gasteiger partial charge in [-0.2, -0.15) is 0 Å². The molecule has 62 valence electrons. The molecule has 0 radical (unpaired) electrons. The largest absolute Gasteiger partial charge is 0.349 e. The Bertz CT molecular complexity index is 138. The van der Waals surface area contributed by atoms with Crippen molar-refractivity contribution in [1.82, 2.24) is 4.81 Å². The molecule has 0 bridgehead atoms. The normalized spacial score (nSPS) is 32.2. The van der Waals surface area contributed by atoms with Gasteiger partial charge in [0.25, 0.3) is 0 Å². The van der Waals surface area contributed by atoms with Crippen molar-refractivity contribution in [2.45, 2.75) is 31.7 Å². The van der Waals surface area contributed by atoms with Gasteiger partial charge in [0.2, 0.25) is 0 Å². The minimum absolute atomic E-state index is 0.330. The lowest BCUT2D eigenvalue weighted by atomic mass is 9.85. The van der Waals surface area contributed by atoms with Crippen LogP contribution >= 0.6 is 0 Å². The van der Waals surface area contributed by atoms with E-state index in [-0.39, 0.29) is 0 Å². The SMILES string of the molecule is BN(C)C1CCCC(C=O)C1. The van der Waals surface area contributed by atoms with Crippen molar-refractivity contribution in [2.75, 3.05) is 7.05 Å². The Balaban J connectivity index is 2.39. The van der Waals surface area contributed by atoms with Crippen LogP contribution in [0.3, 0.4) is 0 Å². The minimum Gasteiger partial charge on any atom is -0.349 e. The number of rotatable bonds is 2. The summed E-state index contributed by atoms with van der Waals surface area (Å²) in [6.45, 7) is 0. The Kier molecular flexibility index (Phi) is 3.12. The van der Waals surface area contributed by atoms with E-state index in [2.05, 4.69) is 19.8 Å². The molecular weight excluding hydrogens is 137 g/mol. The van der Waals surface area contributed by atoms with Crippen LogP contribution in [0.25, 0.3) is 0 Å². The van der Waals surface area contributed by atoms with Crippen LogP contribution in [0.2, 0.25) is 0 Å². The molecule has 2 atom stereocenters. The van der Waals surface area contributed by atoms with Gasteiger partial charge in [-0.15, -0.1) is 0 Å². The number of hydrogen-bond donors (Lipinski definition) is 0. The van der Waals surface area contributed by atoms with Crippen molar-refractivity contribution in [3.05, 3.63) is 0 Å². The molecule has 1 rings (SSSR count). The smallest absolute Gasteiger partial charge is 0.185 e. The summed E-state index contributed by atoms with van der Waals surface area (Å²) in [6.07, 6.45) is 5.77. The van der Waals surface area contributed by atoms with E-state index in [4.69, 9.17) is 0 Å². The highest BCUT2D eigenvalue weighted by molar-refractivity contribution is 6.04. The molecule has 2 nitrogen and oxygen atoms in total. The van der Waals surface area contributed by atoms with Crippen LogP contribution in [-0.4, -0.2) is 32.2 Å². The van der Waals surface area contributed by atoms with E-state index in [1.807, 2.05) is 0 Å². The van der Waals surface area contributed by atoms with Crippen molar-refractivity contribution < 1.29 is 4.79 Å². The Morgan fingerprint density at radius 1 is 1.55 bits per heavy atom. The van der Waals surface area contributed by atoms with Gasteiger partial charge >= 0.3 is 0 Å². The van der Waals surface area contributed by atoms with Crippen LogP contribution in [0.1, 0.15) is 25.7 Å². The van der Waals surface area contributed by atoms with Gasteiger partial charge in [-0.25, -0.2) is 0 Å². The van der Waals surface area contributed by atoms with Gasteiger partial charge in [0.05, 0.1) is 0 Å². The van der Waals surface area contributed by atoms with Gasteiger partial charge in [0.15, 0.2) is 7.98 Å². The van der Waals surface area contributed by atoms with Crippen molar-refractivity contribution >= 4 is 14.3 Å². The maximum atomic E-state index is 10.5. The molecule has 0 N–H and O–H groups in total. The molecule has 2 unspecified atom stereocenters. The molecule has 1 saturated carbocycles. The summed E-state index contributed by atoms with van der Waals surface area (Å²) in [4.78, 5) is 12.7. The van der Waals surface area contributed by atoms with Gasteiger partial charge in [-0.3, -0.25) is 0 Å². The van der Waals surface area contributed by atoms with Crippen molar-refractivity contribution in [3.63, 3.8) is 0 Å². The molecular formula is C8H16BNO. The van der Waals surface area contributed by atoms with Crippen LogP contribution < -0.4 is 0 Å². The first-order chi connectivity index (χ1) is 5.24. The van der Waals surface area contributed by atoms with Crippen molar-refractivity contribution in [1.29, 1.82) is 0 Å². The zero-order chi connectivity index (χ0) is 8.27. The molecule has 1 aliphatic rings. The summed E-state index contributed by atoms with van der Waals surface area (Å²) in [6, 6.07) is 0.638. The van der Waals surface area contributed by atoms with Crippen LogP contribution in [0.5, 0.6) is 0 Å². The van der Waals surface area contributed by atoms with E-state index in [0.29, 0.717) is 12.0 Å².